The molecule has 5 aromatic rings. The lowest BCUT2D eigenvalue weighted by atomic mass is 10.1. The van der Waals surface area contributed by atoms with E-state index in [2.05, 4.69) is 0 Å². The average Bonchev–Trinajstić information content (AvgIpc) is 3.06. The van der Waals surface area contributed by atoms with Crippen LogP contribution in [-0.4, -0.2) is 28.9 Å². The van der Waals surface area contributed by atoms with Gasteiger partial charge >= 0.3 is 0 Å². The lowest BCUT2D eigenvalue weighted by molar-refractivity contribution is 0.100. The molecule has 0 amide bonds. The zero-order valence-corrected chi connectivity index (χ0v) is 31.1. The number of benzene rings is 5. The molecule has 5 heteroatoms. The number of carbonyl (C=O) groups is 5. The Bertz CT molecular complexity index is 1750. The Balaban J connectivity index is 0.000000312. The second-order valence-electron chi connectivity index (χ2n) is 12.0. The fraction of sp³-hybridized carbons (Fsp3) is 0.222. The summed E-state index contributed by atoms with van der Waals surface area (Å²) in [5, 5.41) is 0. The number of rotatable bonds is 5. The maximum absolute atomic E-state index is 10.9. The normalized spacial score (nSPS) is 9.40. The summed E-state index contributed by atoms with van der Waals surface area (Å²) in [7, 11) is 0. The standard InChI is InChI=1S/5C9H10O/c2*1-7-3-5-9(6-4-7)8(2)10;1-7-4-3-5-9(6-7)8(2)10;2*1-7-5-3-4-6-9(7)8(2)10/h5*3-6H,1-2H3. The smallest absolute Gasteiger partial charge is 0.160 e. The summed E-state index contributed by atoms with van der Waals surface area (Å²) in [5.41, 5.74) is 9.61. The fourth-order valence-corrected chi connectivity index (χ4v) is 4.38. The number of aryl methyl sites for hydroxylation is 5. The second-order valence-corrected chi connectivity index (χ2v) is 12.0. The molecular weight excluding hydrogens is 620 g/mol. The van der Waals surface area contributed by atoms with Crippen LogP contribution < -0.4 is 0 Å². The lowest BCUT2D eigenvalue weighted by Crippen LogP contribution is -1.93. The molecule has 0 bridgehead atoms. The van der Waals surface area contributed by atoms with Gasteiger partial charge in [-0.25, -0.2) is 0 Å². The summed E-state index contributed by atoms with van der Waals surface area (Å²) >= 11 is 0. The van der Waals surface area contributed by atoms with E-state index in [0.717, 1.165) is 44.5 Å². The van der Waals surface area contributed by atoms with Gasteiger partial charge in [0.25, 0.3) is 0 Å². The minimum Gasteiger partial charge on any atom is -0.295 e. The molecule has 0 radical (unpaired) electrons. The van der Waals surface area contributed by atoms with Gasteiger partial charge in [-0.2, -0.15) is 0 Å². The van der Waals surface area contributed by atoms with Gasteiger partial charge in [0.1, 0.15) is 0 Å². The van der Waals surface area contributed by atoms with Crippen molar-refractivity contribution in [2.75, 3.05) is 0 Å². The number of Topliss-reactive ketones (excluding diaryl/α,β-unsaturated/α-hetero) is 5. The average molecular weight is 671 g/mol. The SMILES string of the molecule is CC(=O)c1ccc(C)cc1.CC(=O)c1ccc(C)cc1.CC(=O)c1cccc(C)c1.CC(=O)c1ccccc1C.CC(=O)c1ccccc1C. The number of carbonyl (C=O) groups excluding carboxylic acids is 5. The summed E-state index contributed by atoms with van der Waals surface area (Å²) in [6, 6.07) is 37.9. The Kier molecular flexibility index (Phi) is 18.8. The highest BCUT2D eigenvalue weighted by atomic mass is 16.1. The third kappa shape index (κ3) is 16.5. The van der Waals surface area contributed by atoms with Gasteiger partial charge in [-0.05, 0) is 86.4 Å². The van der Waals surface area contributed by atoms with E-state index in [0.29, 0.717) is 0 Å². The van der Waals surface area contributed by atoms with Gasteiger partial charge in [-0.15, -0.1) is 0 Å². The molecular formula is C45H50O5. The van der Waals surface area contributed by atoms with E-state index in [1.807, 2.05) is 156 Å². The highest BCUT2D eigenvalue weighted by Gasteiger charge is 2.01. The van der Waals surface area contributed by atoms with Gasteiger partial charge in [0, 0.05) is 27.8 Å². The van der Waals surface area contributed by atoms with Crippen molar-refractivity contribution in [3.05, 3.63) is 177 Å². The summed E-state index contributed by atoms with van der Waals surface area (Å²) in [6.07, 6.45) is 0. The first-order chi connectivity index (χ1) is 23.5. The topological polar surface area (TPSA) is 85.3 Å². The first-order valence-electron chi connectivity index (χ1n) is 16.4. The van der Waals surface area contributed by atoms with E-state index in [1.165, 1.54) is 11.1 Å². The maximum Gasteiger partial charge on any atom is 0.160 e. The van der Waals surface area contributed by atoms with E-state index >= 15 is 0 Å². The van der Waals surface area contributed by atoms with Crippen LogP contribution in [0.2, 0.25) is 0 Å². The van der Waals surface area contributed by atoms with Gasteiger partial charge < -0.3 is 0 Å². The van der Waals surface area contributed by atoms with E-state index in [-0.39, 0.29) is 28.9 Å². The molecule has 0 saturated carbocycles. The van der Waals surface area contributed by atoms with E-state index < -0.39 is 0 Å². The van der Waals surface area contributed by atoms with Crippen molar-refractivity contribution in [2.45, 2.75) is 69.2 Å². The summed E-state index contributed by atoms with van der Waals surface area (Å²) < 4.78 is 0. The highest BCUT2D eigenvalue weighted by molar-refractivity contribution is 5.96. The zero-order valence-electron chi connectivity index (χ0n) is 31.1. The quantitative estimate of drug-likeness (QED) is 0.174. The number of hydrogen-bond acceptors (Lipinski definition) is 5. The van der Waals surface area contributed by atoms with Gasteiger partial charge in [0.15, 0.2) is 28.9 Å². The van der Waals surface area contributed by atoms with E-state index in [4.69, 9.17) is 0 Å². The molecule has 0 atom stereocenters. The molecule has 0 saturated heterocycles. The van der Waals surface area contributed by atoms with Gasteiger partial charge in [-0.3, -0.25) is 24.0 Å². The molecule has 5 nitrogen and oxygen atoms in total. The van der Waals surface area contributed by atoms with Crippen molar-refractivity contribution < 1.29 is 24.0 Å². The molecule has 0 aliphatic heterocycles. The molecule has 0 heterocycles. The van der Waals surface area contributed by atoms with Crippen LogP contribution in [0.3, 0.4) is 0 Å². The largest absolute Gasteiger partial charge is 0.295 e. The van der Waals surface area contributed by atoms with Crippen LogP contribution in [0.4, 0.5) is 0 Å². The summed E-state index contributed by atoms with van der Waals surface area (Å²) in [6.45, 7) is 17.8. The van der Waals surface area contributed by atoms with Gasteiger partial charge in [0.2, 0.25) is 0 Å². The minimum absolute atomic E-state index is 0.125. The van der Waals surface area contributed by atoms with Crippen molar-refractivity contribution >= 4 is 28.9 Å². The van der Waals surface area contributed by atoms with Gasteiger partial charge in [0.05, 0.1) is 0 Å². The van der Waals surface area contributed by atoms with Crippen LogP contribution in [0.1, 0.15) is 114 Å². The monoisotopic (exact) mass is 670 g/mol. The Morgan fingerprint density at radius 1 is 0.320 bits per heavy atom. The van der Waals surface area contributed by atoms with Crippen molar-refractivity contribution in [3.63, 3.8) is 0 Å². The van der Waals surface area contributed by atoms with Crippen molar-refractivity contribution in [1.29, 1.82) is 0 Å². The molecule has 0 unspecified atom stereocenters. The van der Waals surface area contributed by atoms with Crippen molar-refractivity contribution in [3.8, 4) is 0 Å². The molecule has 5 aromatic carbocycles. The van der Waals surface area contributed by atoms with Gasteiger partial charge in [-0.1, -0.05) is 132 Å². The molecule has 0 N–H and O–H groups in total. The molecule has 5 rings (SSSR count). The third-order valence-electron chi connectivity index (χ3n) is 7.39. The lowest BCUT2D eigenvalue weighted by Gasteiger charge is -1.97. The number of hydrogen-bond donors (Lipinski definition) is 0. The van der Waals surface area contributed by atoms with Crippen LogP contribution in [0, 0.1) is 34.6 Å². The third-order valence-corrected chi connectivity index (χ3v) is 7.39. The van der Waals surface area contributed by atoms with Crippen LogP contribution in [0.25, 0.3) is 0 Å². The molecule has 0 aliphatic carbocycles. The molecule has 260 valence electrons. The van der Waals surface area contributed by atoms with Crippen molar-refractivity contribution in [2.24, 2.45) is 0 Å². The summed E-state index contributed by atoms with van der Waals surface area (Å²) in [5.74, 6) is 0.653. The maximum atomic E-state index is 10.9. The van der Waals surface area contributed by atoms with E-state index in [1.54, 1.807) is 34.6 Å². The van der Waals surface area contributed by atoms with E-state index in [9.17, 15) is 24.0 Å². The second kappa shape index (κ2) is 22.2. The molecule has 50 heavy (non-hydrogen) atoms. The minimum atomic E-state index is 0.125. The first kappa shape index (κ1) is 42.5. The zero-order chi connectivity index (χ0) is 37.8. The molecule has 0 spiro atoms. The molecule has 0 fully saturated rings. The highest BCUT2D eigenvalue weighted by Crippen LogP contribution is 2.08. The van der Waals surface area contributed by atoms with Crippen molar-refractivity contribution in [1.82, 2.24) is 0 Å². The van der Waals surface area contributed by atoms with Crippen LogP contribution >= 0.6 is 0 Å². The summed E-state index contributed by atoms with van der Waals surface area (Å²) in [4.78, 5) is 54.0. The first-order valence-corrected chi connectivity index (χ1v) is 16.4. The molecule has 0 aromatic heterocycles. The number of ketones is 5. The predicted octanol–water partition coefficient (Wildman–Crippen LogP) is 11.0. The fourth-order valence-electron chi connectivity index (χ4n) is 4.38. The van der Waals surface area contributed by atoms with Crippen LogP contribution in [-0.2, 0) is 0 Å². The van der Waals surface area contributed by atoms with Crippen LogP contribution in [0.5, 0.6) is 0 Å². The predicted molar refractivity (Wildman–Crippen MR) is 206 cm³/mol. The Morgan fingerprint density at radius 3 is 0.900 bits per heavy atom. The Labute approximate surface area is 298 Å². The van der Waals surface area contributed by atoms with Crippen LogP contribution in [0.15, 0.2) is 121 Å². The Morgan fingerprint density at radius 2 is 0.660 bits per heavy atom. The molecule has 0 aliphatic rings. The Hall–Kier alpha value is -5.55.